The van der Waals surface area contributed by atoms with Gasteiger partial charge in [0.05, 0.1) is 0 Å². The molecule has 21 heavy (non-hydrogen) atoms. The van der Waals surface area contributed by atoms with Crippen LogP contribution in [0.1, 0.15) is 45.4 Å². The highest BCUT2D eigenvalue weighted by Crippen LogP contribution is 2.33. The predicted octanol–water partition coefficient (Wildman–Crippen LogP) is 6.37. The van der Waals surface area contributed by atoms with Crippen molar-refractivity contribution in [2.45, 2.75) is 51.5 Å². The molecule has 1 fully saturated rings. The van der Waals surface area contributed by atoms with Crippen LogP contribution in [0.3, 0.4) is 0 Å². The maximum absolute atomic E-state index is 3.79. The third kappa shape index (κ3) is 3.42. The molecule has 0 bridgehead atoms. The highest BCUT2D eigenvalue weighted by Gasteiger charge is 2.20. The van der Waals surface area contributed by atoms with Crippen LogP contribution in [0.2, 0.25) is 0 Å². The molecule has 0 unspecified atom stereocenters. The third-order valence-corrected chi connectivity index (χ3v) is 5.47. The van der Waals surface area contributed by atoms with Gasteiger partial charge in [0.15, 0.2) is 0 Å². The maximum atomic E-state index is 3.79. The smallest absolute Gasteiger partial charge is 0.0422 e. The van der Waals surface area contributed by atoms with Crippen molar-refractivity contribution in [3.05, 3.63) is 40.9 Å². The number of halogens is 1. The Morgan fingerprint density at radius 1 is 1.00 bits per heavy atom. The zero-order valence-corrected chi connectivity index (χ0v) is 14.3. The summed E-state index contributed by atoms with van der Waals surface area (Å²) in [7, 11) is 0. The lowest BCUT2D eigenvalue weighted by Gasteiger charge is -2.30. The van der Waals surface area contributed by atoms with Gasteiger partial charge in [-0.15, -0.1) is 0 Å². The minimum Gasteiger partial charge on any atom is -0.382 e. The lowest BCUT2D eigenvalue weighted by molar-refractivity contribution is 0.319. The van der Waals surface area contributed by atoms with Crippen LogP contribution >= 0.6 is 15.9 Å². The first-order valence-corrected chi connectivity index (χ1v) is 9.01. The molecule has 2 heteroatoms. The molecule has 1 nitrogen and oxygen atoms in total. The minimum absolute atomic E-state index is 0.641. The Labute approximate surface area is 136 Å². The van der Waals surface area contributed by atoms with Crippen molar-refractivity contribution in [2.24, 2.45) is 5.92 Å². The Hall–Kier alpha value is -1.02. The maximum Gasteiger partial charge on any atom is 0.0422 e. The van der Waals surface area contributed by atoms with Crippen molar-refractivity contribution in [2.75, 3.05) is 5.32 Å². The van der Waals surface area contributed by atoms with Crippen molar-refractivity contribution in [3.63, 3.8) is 0 Å². The van der Waals surface area contributed by atoms with Gasteiger partial charge in [-0.3, -0.25) is 0 Å². The zero-order valence-electron chi connectivity index (χ0n) is 12.7. The Morgan fingerprint density at radius 2 is 1.71 bits per heavy atom. The molecule has 0 aliphatic heterocycles. The van der Waals surface area contributed by atoms with Gasteiger partial charge in [0, 0.05) is 21.6 Å². The van der Waals surface area contributed by atoms with E-state index in [0.717, 1.165) is 5.92 Å². The van der Waals surface area contributed by atoms with Gasteiger partial charge in [-0.1, -0.05) is 60.0 Å². The number of nitrogens with one attached hydrogen (secondary N) is 1. The molecule has 0 aromatic heterocycles. The summed E-state index contributed by atoms with van der Waals surface area (Å²) in [5.74, 6) is 0.967. The van der Waals surface area contributed by atoms with Crippen LogP contribution in [0.4, 0.5) is 5.69 Å². The topological polar surface area (TPSA) is 12.0 Å². The van der Waals surface area contributed by atoms with Gasteiger partial charge in [0.1, 0.15) is 0 Å². The first kappa shape index (κ1) is 14.9. The Balaban J connectivity index is 1.73. The molecule has 0 atom stereocenters. The number of fused-ring (bicyclic) bond motifs is 1. The summed E-state index contributed by atoms with van der Waals surface area (Å²) in [5, 5.41) is 6.41. The van der Waals surface area contributed by atoms with Gasteiger partial charge in [0.2, 0.25) is 0 Å². The molecule has 0 spiro atoms. The zero-order chi connectivity index (χ0) is 14.7. The summed E-state index contributed by atoms with van der Waals surface area (Å²) in [6.45, 7) is 2.30. The van der Waals surface area contributed by atoms with E-state index in [9.17, 15) is 0 Å². The van der Waals surface area contributed by atoms with Gasteiger partial charge in [0.25, 0.3) is 0 Å². The summed E-state index contributed by atoms with van der Waals surface area (Å²) in [6, 6.07) is 13.6. The van der Waals surface area contributed by atoms with Gasteiger partial charge in [-0.2, -0.15) is 0 Å². The molecule has 0 heterocycles. The molecular formula is C19H24BrN. The standard InChI is InChI=1S/C19H24BrN/c1-2-5-14-8-10-15(11-9-14)21-19-13-12-18(20)16-6-3-4-7-17(16)19/h3-4,6-7,12-15,21H,2,5,8-11H2,1H3. The monoisotopic (exact) mass is 345 g/mol. The highest BCUT2D eigenvalue weighted by atomic mass is 79.9. The molecular weight excluding hydrogens is 322 g/mol. The molecule has 1 saturated carbocycles. The highest BCUT2D eigenvalue weighted by molar-refractivity contribution is 9.10. The van der Waals surface area contributed by atoms with E-state index in [2.05, 4.69) is 64.6 Å². The van der Waals surface area contributed by atoms with E-state index in [1.165, 1.54) is 59.5 Å². The number of hydrogen-bond donors (Lipinski definition) is 1. The van der Waals surface area contributed by atoms with Crippen LogP contribution in [0, 0.1) is 5.92 Å². The summed E-state index contributed by atoms with van der Waals surface area (Å²) in [4.78, 5) is 0. The molecule has 2 aromatic carbocycles. The fraction of sp³-hybridized carbons (Fsp3) is 0.474. The molecule has 1 N–H and O–H groups in total. The van der Waals surface area contributed by atoms with Crippen molar-refractivity contribution in [1.82, 2.24) is 0 Å². The van der Waals surface area contributed by atoms with Crippen molar-refractivity contribution in [3.8, 4) is 0 Å². The van der Waals surface area contributed by atoms with E-state index in [4.69, 9.17) is 0 Å². The molecule has 3 rings (SSSR count). The van der Waals surface area contributed by atoms with E-state index in [1.807, 2.05) is 0 Å². The molecule has 1 aliphatic rings. The number of rotatable bonds is 4. The second kappa shape index (κ2) is 6.83. The van der Waals surface area contributed by atoms with Gasteiger partial charge >= 0.3 is 0 Å². The third-order valence-electron chi connectivity index (χ3n) is 4.77. The van der Waals surface area contributed by atoms with E-state index in [1.54, 1.807) is 0 Å². The Kier molecular flexibility index (Phi) is 4.84. The van der Waals surface area contributed by atoms with E-state index >= 15 is 0 Å². The first-order chi connectivity index (χ1) is 10.3. The fourth-order valence-corrected chi connectivity index (χ4v) is 4.09. The van der Waals surface area contributed by atoms with Crippen LogP contribution in [-0.4, -0.2) is 6.04 Å². The van der Waals surface area contributed by atoms with Crippen LogP contribution in [0.15, 0.2) is 40.9 Å². The minimum atomic E-state index is 0.641. The number of anilines is 1. The van der Waals surface area contributed by atoms with Gasteiger partial charge < -0.3 is 5.32 Å². The normalized spacial score (nSPS) is 22.4. The number of hydrogen-bond acceptors (Lipinski definition) is 1. The summed E-state index contributed by atoms with van der Waals surface area (Å²) in [5.41, 5.74) is 1.28. The first-order valence-electron chi connectivity index (χ1n) is 8.21. The largest absolute Gasteiger partial charge is 0.382 e. The van der Waals surface area contributed by atoms with Crippen molar-refractivity contribution in [1.29, 1.82) is 0 Å². The predicted molar refractivity (Wildman–Crippen MR) is 95.9 cm³/mol. The van der Waals surface area contributed by atoms with Crippen molar-refractivity contribution < 1.29 is 0 Å². The molecule has 0 saturated heterocycles. The Morgan fingerprint density at radius 3 is 2.43 bits per heavy atom. The Bertz CT molecular complexity index is 600. The van der Waals surface area contributed by atoms with Crippen LogP contribution in [0.25, 0.3) is 10.8 Å². The van der Waals surface area contributed by atoms with Crippen LogP contribution < -0.4 is 5.32 Å². The fourth-order valence-electron chi connectivity index (χ4n) is 3.61. The van der Waals surface area contributed by atoms with Crippen molar-refractivity contribution >= 4 is 32.4 Å². The molecule has 0 radical (unpaired) electrons. The lowest BCUT2D eigenvalue weighted by atomic mass is 9.83. The summed E-state index contributed by atoms with van der Waals surface area (Å²) < 4.78 is 1.18. The quantitative estimate of drug-likeness (QED) is 0.678. The van der Waals surface area contributed by atoms with Crippen LogP contribution in [-0.2, 0) is 0 Å². The van der Waals surface area contributed by atoms with E-state index < -0.39 is 0 Å². The molecule has 2 aromatic rings. The number of benzene rings is 2. The SMILES string of the molecule is CCCC1CCC(Nc2ccc(Br)c3ccccc23)CC1. The average molecular weight is 346 g/mol. The summed E-state index contributed by atoms with van der Waals surface area (Å²) in [6.07, 6.45) is 8.15. The second-order valence-electron chi connectivity index (χ2n) is 6.29. The van der Waals surface area contributed by atoms with E-state index in [0.29, 0.717) is 6.04 Å². The molecule has 1 aliphatic carbocycles. The average Bonchev–Trinajstić information content (AvgIpc) is 2.52. The molecule has 112 valence electrons. The van der Waals surface area contributed by atoms with Gasteiger partial charge in [-0.05, 0) is 49.1 Å². The lowest BCUT2D eigenvalue weighted by Crippen LogP contribution is -2.26. The van der Waals surface area contributed by atoms with Crippen LogP contribution in [0.5, 0.6) is 0 Å². The molecule has 0 amide bonds. The summed E-state index contributed by atoms with van der Waals surface area (Å²) >= 11 is 3.65. The van der Waals surface area contributed by atoms with E-state index in [-0.39, 0.29) is 0 Å². The van der Waals surface area contributed by atoms with Gasteiger partial charge in [-0.25, -0.2) is 0 Å². The second-order valence-corrected chi connectivity index (χ2v) is 7.15.